The van der Waals surface area contributed by atoms with E-state index in [0.717, 1.165) is 29.8 Å². The van der Waals surface area contributed by atoms with Gasteiger partial charge in [0.1, 0.15) is 0 Å². The Balaban J connectivity index is 1.35. The second kappa shape index (κ2) is 12.1. The van der Waals surface area contributed by atoms with Crippen molar-refractivity contribution in [1.82, 2.24) is 9.80 Å². The zero-order valence-electron chi connectivity index (χ0n) is 20.1. The summed E-state index contributed by atoms with van der Waals surface area (Å²) in [5, 5.41) is 3.14. The SMILES string of the molecule is O=C(Nc1ccc(F)c(F)c1)N1CCN(CC(OCc2ccc(C(F)(F)F)cc2)c2ccc(Cl)cc2)CC1. The normalized spacial score (nSPS) is 15.4. The van der Waals surface area contributed by atoms with Gasteiger partial charge in [-0.2, -0.15) is 13.2 Å². The molecule has 1 N–H and O–H groups in total. The fourth-order valence-electron chi connectivity index (χ4n) is 4.06. The van der Waals surface area contributed by atoms with Gasteiger partial charge in [-0.15, -0.1) is 0 Å². The number of urea groups is 1. The highest BCUT2D eigenvalue weighted by atomic mass is 35.5. The van der Waals surface area contributed by atoms with E-state index in [2.05, 4.69) is 10.2 Å². The molecule has 11 heteroatoms. The average Bonchev–Trinajstić information content (AvgIpc) is 2.89. The number of alkyl halides is 3. The average molecular weight is 554 g/mol. The minimum atomic E-state index is -4.40. The number of ether oxygens (including phenoxy) is 1. The topological polar surface area (TPSA) is 44.8 Å². The number of carbonyl (C=O) groups is 1. The molecule has 1 fully saturated rings. The third-order valence-electron chi connectivity index (χ3n) is 6.23. The Morgan fingerprint density at radius 3 is 2.18 bits per heavy atom. The largest absolute Gasteiger partial charge is 0.416 e. The van der Waals surface area contributed by atoms with Crippen molar-refractivity contribution in [2.75, 3.05) is 38.0 Å². The van der Waals surface area contributed by atoms with Crippen molar-refractivity contribution in [1.29, 1.82) is 0 Å². The van der Waals surface area contributed by atoms with E-state index in [4.69, 9.17) is 16.3 Å². The van der Waals surface area contributed by atoms with Crippen LogP contribution in [0.3, 0.4) is 0 Å². The molecule has 1 unspecified atom stereocenters. The highest BCUT2D eigenvalue weighted by Crippen LogP contribution is 2.30. The summed E-state index contributed by atoms with van der Waals surface area (Å²) >= 11 is 6.03. The summed E-state index contributed by atoms with van der Waals surface area (Å²) in [5.74, 6) is -2.04. The first-order valence-electron chi connectivity index (χ1n) is 11.8. The van der Waals surface area contributed by atoms with Crippen LogP contribution in [0.25, 0.3) is 0 Å². The number of benzene rings is 3. The molecule has 3 aromatic carbocycles. The van der Waals surface area contributed by atoms with Crippen molar-refractivity contribution >= 4 is 23.3 Å². The number of carbonyl (C=O) groups excluding carboxylic acids is 1. The Bertz CT molecular complexity index is 1230. The summed E-state index contributed by atoms with van der Waals surface area (Å²) in [4.78, 5) is 16.3. The third kappa shape index (κ3) is 7.43. The molecule has 1 saturated heterocycles. The Kier molecular flexibility index (Phi) is 8.86. The van der Waals surface area contributed by atoms with Crippen LogP contribution in [0.15, 0.2) is 66.7 Å². The number of hydrogen-bond acceptors (Lipinski definition) is 3. The van der Waals surface area contributed by atoms with E-state index in [9.17, 15) is 26.7 Å². The standard InChI is InChI=1S/C27H25ClF5N3O2/c28-21-7-3-19(4-8-21)25(38-17-18-1-5-20(6-2-18)27(31,32)33)16-35-11-13-36(14-12-35)26(37)34-22-9-10-23(29)24(30)15-22/h1-10,15,25H,11-14,16-17H2,(H,34,37). The summed E-state index contributed by atoms with van der Waals surface area (Å²) in [6.45, 7) is 2.49. The molecule has 0 aromatic heterocycles. The van der Waals surface area contributed by atoms with Gasteiger partial charge in [0, 0.05) is 49.5 Å². The van der Waals surface area contributed by atoms with Crippen LogP contribution in [-0.4, -0.2) is 48.6 Å². The van der Waals surface area contributed by atoms with Crippen LogP contribution in [0.5, 0.6) is 0 Å². The molecular weight excluding hydrogens is 529 g/mol. The summed E-state index contributed by atoms with van der Waals surface area (Å²) in [5.41, 5.74) is 0.910. The highest BCUT2D eigenvalue weighted by Gasteiger charge is 2.30. The molecule has 1 aliphatic rings. The Morgan fingerprint density at radius 2 is 1.58 bits per heavy atom. The minimum Gasteiger partial charge on any atom is -0.368 e. The van der Waals surface area contributed by atoms with E-state index in [1.54, 1.807) is 17.0 Å². The fourth-order valence-corrected chi connectivity index (χ4v) is 4.19. The van der Waals surface area contributed by atoms with Crippen LogP contribution >= 0.6 is 11.6 Å². The maximum absolute atomic E-state index is 13.4. The van der Waals surface area contributed by atoms with E-state index in [0.29, 0.717) is 43.3 Å². The van der Waals surface area contributed by atoms with Crippen molar-refractivity contribution in [3.05, 3.63) is 100 Å². The van der Waals surface area contributed by atoms with Gasteiger partial charge in [0.2, 0.25) is 0 Å². The van der Waals surface area contributed by atoms with Crippen LogP contribution in [0.4, 0.5) is 32.4 Å². The van der Waals surface area contributed by atoms with E-state index in [1.807, 2.05) is 12.1 Å². The number of nitrogens with zero attached hydrogens (tertiary/aromatic N) is 2. The second-order valence-electron chi connectivity index (χ2n) is 8.89. The molecule has 1 aliphatic heterocycles. The molecule has 0 spiro atoms. The van der Waals surface area contributed by atoms with Gasteiger partial charge < -0.3 is 15.0 Å². The van der Waals surface area contributed by atoms with Gasteiger partial charge >= 0.3 is 12.2 Å². The predicted molar refractivity (Wildman–Crippen MR) is 134 cm³/mol. The highest BCUT2D eigenvalue weighted by molar-refractivity contribution is 6.30. The van der Waals surface area contributed by atoms with Crippen LogP contribution in [-0.2, 0) is 17.5 Å². The Morgan fingerprint density at radius 1 is 0.921 bits per heavy atom. The fraction of sp³-hybridized carbons (Fsp3) is 0.296. The summed E-state index contributed by atoms with van der Waals surface area (Å²) in [6.07, 6.45) is -4.79. The molecule has 0 saturated carbocycles. The first-order valence-corrected chi connectivity index (χ1v) is 12.2. The lowest BCUT2D eigenvalue weighted by atomic mass is 10.1. The summed E-state index contributed by atoms with van der Waals surface area (Å²) < 4.78 is 71.3. The molecule has 4 rings (SSSR count). The lowest BCUT2D eigenvalue weighted by Crippen LogP contribution is -2.50. The quantitative estimate of drug-likeness (QED) is 0.329. The van der Waals surface area contributed by atoms with Crippen molar-refractivity contribution in [3.63, 3.8) is 0 Å². The van der Waals surface area contributed by atoms with Gasteiger partial charge in [-0.05, 0) is 47.5 Å². The van der Waals surface area contributed by atoms with Crippen molar-refractivity contribution in [2.45, 2.75) is 18.9 Å². The lowest BCUT2D eigenvalue weighted by Gasteiger charge is -2.36. The number of anilines is 1. The van der Waals surface area contributed by atoms with Gasteiger partial charge in [0.15, 0.2) is 11.6 Å². The molecule has 38 heavy (non-hydrogen) atoms. The lowest BCUT2D eigenvalue weighted by molar-refractivity contribution is -0.137. The maximum atomic E-state index is 13.4. The molecule has 0 aliphatic carbocycles. The zero-order valence-corrected chi connectivity index (χ0v) is 20.9. The van der Waals surface area contributed by atoms with E-state index < -0.39 is 35.5 Å². The van der Waals surface area contributed by atoms with Crippen molar-refractivity contribution < 1.29 is 31.5 Å². The Hall–Kier alpha value is -3.21. The number of piperazine rings is 1. The molecule has 202 valence electrons. The van der Waals surface area contributed by atoms with E-state index >= 15 is 0 Å². The zero-order chi connectivity index (χ0) is 27.3. The van der Waals surface area contributed by atoms with Gasteiger partial charge in [0.25, 0.3) is 0 Å². The molecule has 2 amide bonds. The van der Waals surface area contributed by atoms with Crippen LogP contribution in [0.2, 0.25) is 5.02 Å². The molecule has 1 heterocycles. The monoisotopic (exact) mass is 553 g/mol. The van der Waals surface area contributed by atoms with Gasteiger partial charge in [-0.1, -0.05) is 35.9 Å². The molecule has 0 radical (unpaired) electrons. The van der Waals surface area contributed by atoms with Gasteiger partial charge in [-0.25, -0.2) is 13.6 Å². The van der Waals surface area contributed by atoms with Crippen molar-refractivity contribution in [3.8, 4) is 0 Å². The number of halogens is 6. The molecule has 0 bridgehead atoms. The van der Waals surface area contributed by atoms with Crippen LogP contribution in [0.1, 0.15) is 22.8 Å². The number of nitrogens with one attached hydrogen (secondary N) is 1. The van der Waals surface area contributed by atoms with Gasteiger partial charge in [0.05, 0.1) is 18.3 Å². The molecule has 1 atom stereocenters. The summed E-state index contributed by atoms with van der Waals surface area (Å²) in [6, 6.07) is 14.8. The van der Waals surface area contributed by atoms with E-state index in [1.165, 1.54) is 18.2 Å². The number of amides is 2. The Labute approximate surface area is 221 Å². The third-order valence-corrected chi connectivity index (χ3v) is 6.48. The maximum Gasteiger partial charge on any atom is 0.416 e. The second-order valence-corrected chi connectivity index (χ2v) is 9.33. The number of hydrogen-bond donors (Lipinski definition) is 1. The first-order chi connectivity index (χ1) is 18.1. The van der Waals surface area contributed by atoms with Crippen molar-refractivity contribution in [2.24, 2.45) is 0 Å². The van der Waals surface area contributed by atoms with Crippen LogP contribution < -0.4 is 5.32 Å². The van der Waals surface area contributed by atoms with Crippen LogP contribution in [0, 0.1) is 11.6 Å². The summed E-state index contributed by atoms with van der Waals surface area (Å²) in [7, 11) is 0. The minimum absolute atomic E-state index is 0.113. The number of rotatable bonds is 7. The molecule has 5 nitrogen and oxygen atoms in total. The van der Waals surface area contributed by atoms with Gasteiger partial charge in [-0.3, -0.25) is 4.90 Å². The molecule has 3 aromatic rings. The molecular formula is C27H25ClF5N3O2. The predicted octanol–water partition coefficient (Wildman–Crippen LogP) is 6.74. The first kappa shape index (κ1) is 27.8. The smallest absolute Gasteiger partial charge is 0.368 e. The van der Waals surface area contributed by atoms with E-state index in [-0.39, 0.29) is 12.3 Å².